The second kappa shape index (κ2) is 30.8. The SMILES string of the molecule is CCN(CCC(=O)OCCOC(=O)C1CCC(CCCC(C)CCCC(C)C)CC1)CCC(=O)OCCOC(=O)C1CCC(CCCC(C)CCCC(C)C)CC1. The van der Waals surface area contributed by atoms with Gasteiger partial charge in [0.15, 0.2) is 0 Å². The fourth-order valence-corrected chi connectivity index (χ4v) is 8.82. The van der Waals surface area contributed by atoms with E-state index in [1.165, 1.54) is 77.0 Å². The Balaban J connectivity index is 1.45. The van der Waals surface area contributed by atoms with E-state index < -0.39 is 0 Å². The highest BCUT2D eigenvalue weighted by atomic mass is 16.6. The summed E-state index contributed by atoms with van der Waals surface area (Å²) in [5, 5.41) is 0. The molecule has 0 bridgehead atoms. The molecule has 0 aromatic carbocycles. The van der Waals surface area contributed by atoms with Crippen LogP contribution in [0.25, 0.3) is 0 Å². The predicted molar refractivity (Wildman–Crippen MR) is 229 cm³/mol. The van der Waals surface area contributed by atoms with Crippen LogP contribution in [0.2, 0.25) is 0 Å². The fraction of sp³-hybridized carbons (Fsp3) is 0.917. The first-order valence-corrected chi connectivity index (χ1v) is 23.7. The van der Waals surface area contributed by atoms with Gasteiger partial charge in [0.05, 0.1) is 24.7 Å². The van der Waals surface area contributed by atoms with Crippen LogP contribution < -0.4 is 0 Å². The van der Waals surface area contributed by atoms with Gasteiger partial charge in [0.25, 0.3) is 0 Å². The van der Waals surface area contributed by atoms with Crippen molar-refractivity contribution in [1.82, 2.24) is 4.90 Å². The lowest BCUT2D eigenvalue weighted by Crippen LogP contribution is -2.30. The van der Waals surface area contributed by atoms with E-state index in [2.05, 4.69) is 41.5 Å². The van der Waals surface area contributed by atoms with Gasteiger partial charge in [0.1, 0.15) is 26.4 Å². The largest absolute Gasteiger partial charge is 0.462 e. The predicted octanol–water partition coefficient (Wildman–Crippen LogP) is 11.1. The molecule has 0 spiro atoms. The molecule has 0 radical (unpaired) electrons. The van der Waals surface area contributed by atoms with Crippen LogP contribution in [0.4, 0.5) is 0 Å². The lowest BCUT2D eigenvalue weighted by atomic mass is 9.79. The zero-order chi connectivity index (χ0) is 41.8. The van der Waals surface area contributed by atoms with Gasteiger partial charge in [-0.25, -0.2) is 0 Å². The van der Waals surface area contributed by atoms with Crippen LogP contribution in [0.1, 0.15) is 190 Å². The Morgan fingerprint density at radius 3 is 1.19 bits per heavy atom. The molecule has 332 valence electrons. The van der Waals surface area contributed by atoms with Crippen molar-refractivity contribution in [2.75, 3.05) is 46.1 Å². The first-order chi connectivity index (χ1) is 27.4. The molecule has 2 aliphatic rings. The summed E-state index contributed by atoms with van der Waals surface area (Å²) in [7, 11) is 0. The third-order valence-electron chi connectivity index (χ3n) is 12.8. The van der Waals surface area contributed by atoms with E-state index in [4.69, 9.17) is 18.9 Å². The normalized spacial score (nSPS) is 21.0. The zero-order valence-corrected chi connectivity index (χ0v) is 37.8. The van der Waals surface area contributed by atoms with Crippen LogP contribution in [0.15, 0.2) is 0 Å². The van der Waals surface area contributed by atoms with Crippen molar-refractivity contribution in [1.29, 1.82) is 0 Å². The molecular weight excluding hydrogens is 719 g/mol. The zero-order valence-electron chi connectivity index (χ0n) is 37.8. The summed E-state index contributed by atoms with van der Waals surface area (Å²) >= 11 is 0. The molecule has 2 unspecified atom stereocenters. The quantitative estimate of drug-likeness (QED) is 0.0384. The van der Waals surface area contributed by atoms with Crippen LogP contribution in [0.5, 0.6) is 0 Å². The topological polar surface area (TPSA) is 108 Å². The van der Waals surface area contributed by atoms with Crippen molar-refractivity contribution in [2.45, 2.75) is 190 Å². The molecule has 2 aliphatic carbocycles. The number of esters is 4. The maximum absolute atomic E-state index is 12.6. The maximum Gasteiger partial charge on any atom is 0.309 e. The monoisotopic (exact) mass is 806 g/mol. The Bertz CT molecular complexity index is 996. The number of nitrogens with zero attached hydrogens (tertiary/aromatic N) is 1. The molecular formula is C48H87NO8. The van der Waals surface area contributed by atoms with Gasteiger partial charge in [0, 0.05) is 13.1 Å². The van der Waals surface area contributed by atoms with E-state index in [-0.39, 0.29) is 75.0 Å². The van der Waals surface area contributed by atoms with Gasteiger partial charge in [-0.15, -0.1) is 0 Å². The van der Waals surface area contributed by atoms with Crippen molar-refractivity contribution >= 4 is 23.9 Å². The summed E-state index contributed by atoms with van der Waals surface area (Å²) in [6.45, 7) is 17.8. The van der Waals surface area contributed by atoms with E-state index >= 15 is 0 Å². The van der Waals surface area contributed by atoms with E-state index in [9.17, 15) is 19.2 Å². The van der Waals surface area contributed by atoms with Crippen LogP contribution in [-0.4, -0.2) is 74.8 Å². The van der Waals surface area contributed by atoms with Crippen molar-refractivity contribution < 1.29 is 38.1 Å². The molecule has 2 atom stereocenters. The lowest BCUT2D eigenvalue weighted by molar-refractivity contribution is -0.156. The average Bonchev–Trinajstić information content (AvgIpc) is 3.18. The van der Waals surface area contributed by atoms with E-state index in [1.807, 2.05) is 11.8 Å². The minimum atomic E-state index is -0.352. The van der Waals surface area contributed by atoms with Crippen LogP contribution in [-0.2, 0) is 38.1 Å². The second-order valence-electron chi connectivity index (χ2n) is 18.9. The molecule has 0 N–H and O–H groups in total. The standard InChI is InChI=1S/C48H87NO8/c1-8-49(31-29-45(50)54-33-35-56-47(52)43-25-21-41(22-26-43)19-11-17-39(6)15-9-13-37(2)3)32-30-46(51)55-34-36-57-48(53)44-27-23-42(24-28-44)20-12-18-40(7)16-10-14-38(4)5/h37-44H,8-36H2,1-7H3. The summed E-state index contributed by atoms with van der Waals surface area (Å²) in [6.07, 6.45) is 24.1. The minimum Gasteiger partial charge on any atom is -0.462 e. The summed E-state index contributed by atoms with van der Waals surface area (Å²) in [5.74, 6) is 3.53. The van der Waals surface area contributed by atoms with Crippen molar-refractivity contribution in [3.63, 3.8) is 0 Å². The minimum absolute atomic E-state index is 0.0421. The Labute approximate surface area is 349 Å². The molecule has 0 aromatic heterocycles. The van der Waals surface area contributed by atoms with Crippen molar-refractivity contribution in [3.05, 3.63) is 0 Å². The molecule has 2 rings (SSSR count). The van der Waals surface area contributed by atoms with Gasteiger partial charge in [0.2, 0.25) is 0 Å². The fourth-order valence-electron chi connectivity index (χ4n) is 8.82. The van der Waals surface area contributed by atoms with Gasteiger partial charge >= 0.3 is 23.9 Å². The number of hydrogen-bond acceptors (Lipinski definition) is 9. The molecule has 0 heterocycles. The number of carbonyl (C=O) groups is 4. The summed E-state index contributed by atoms with van der Waals surface area (Å²) < 4.78 is 21.5. The van der Waals surface area contributed by atoms with Crippen LogP contribution >= 0.6 is 0 Å². The summed E-state index contributed by atoms with van der Waals surface area (Å²) in [6, 6.07) is 0. The highest BCUT2D eigenvalue weighted by molar-refractivity contribution is 5.73. The first kappa shape index (κ1) is 51.0. The molecule has 57 heavy (non-hydrogen) atoms. The van der Waals surface area contributed by atoms with E-state index in [0.29, 0.717) is 19.6 Å². The molecule has 0 amide bonds. The van der Waals surface area contributed by atoms with E-state index in [0.717, 1.165) is 86.9 Å². The van der Waals surface area contributed by atoms with Gasteiger partial charge in [-0.3, -0.25) is 19.2 Å². The maximum atomic E-state index is 12.6. The Hall–Kier alpha value is -2.16. The molecule has 0 aliphatic heterocycles. The van der Waals surface area contributed by atoms with Crippen LogP contribution in [0, 0.1) is 47.3 Å². The average molecular weight is 806 g/mol. The first-order valence-electron chi connectivity index (χ1n) is 23.7. The van der Waals surface area contributed by atoms with Gasteiger partial charge in [-0.05, 0) is 93.4 Å². The van der Waals surface area contributed by atoms with Crippen molar-refractivity contribution in [2.24, 2.45) is 47.3 Å². The Morgan fingerprint density at radius 2 is 0.842 bits per heavy atom. The molecule has 9 heteroatoms. The summed E-state index contributed by atoms with van der Waals surface area (Å²) in [5.41, 5.74) is 0. The number of carbonyl (C=O) groups excluding carboxylic acids is 4. The molecule has 9 nitrogen and oxygen atoms in total. The van der Waals surface area contributed by atoms with Gasteiger partial charge in [-0.2, -0.15) is 0 Å². The third-order valence-corrected chi connectivity index (χ3v) is 12.8. The second-order valence-corrected chi connectivity index (χ2v) is 18.9. The third kappa shape index (κ3) is 25.2. The lowest BCUT2D eigenvalue weighted by Gasteiger charge is -2.27. The number of hydrogen-bond donors (Lipinski definition) is 0. The van der Waals surface area contributed by atoms with E-state index in [1.54, 1.807) is 0 Å². The highest BCUT2D eigenvalue weighted by Gasteiger charge is 2.28. The number of rotatable bonds is 31. The molecule has 2 fully saturated rings. The van der Waals surface area contributed by atoms with Gasteiger partial charge < -0.3 is 23.8 Å². The Kier molecular flexibility index (Phi) is 27.6. The van der Waals surface area contributed by atoms with Crippen LogP contribution in [0.3, 0.4) is 0 Å². The van der Waals surface area contributed by atoms with Crippen molar-refractivity contribution in [3.8, 4) is 0 Å². The molecule has 0 aromatic rings. The highest BCUT2D eigenvalue weighted by Crippen LogP contribution is 2.34. The number of ether oxygens (including phenoxy) is 4. The summed E-state index contributed by atoms with van der Waals surface area (Å²) in [4.78, 5) is 51.9. The smallest absolute Gasteiger partial charge is 0.309 e. The molecule has 0 saturated heterocycles. The Morgan fingerprint density at radius 1 is 0.491 bits per heavy atom. The van der Waals surface area contributed by atoms with Gasteiger partial charge in [-0.1, -0.05) is 126 Å². The molecule has 2 saturated carbocycles.